The fourth-order valence-electron chi connectivity index (χ4n) is 3.00. The van der Waals surface area contributed by atoms with Gasteiger partial charge in [-0.2, -0.15) is 0 Å². The maximum absolute atomic E-state index is 13.5. The van der Waals surface area contributed by atoms with Gasteiger partial charge in [0.15, 0.2) is 0 Å². The average molecular weight is 289 g/mol. The third kappa shape index (κ3) is 4.30. The van der Waals surface area contributed by atoms with Crippen LogP contribution in [0.2, 0.25) is 0 Å². The van der Waals surface area contributed by atoms with Crippen molar-refractivity contribution in [3.63, 3.8) is 0 Å². The highest BCUT2D eigenvalue weighted by molar-refractivity contribution is 5.41. The first kappa shape index (κ1) is 16.0. The van der Waals surface area contributed by atoms with Gasteiger partial charge in [-0.25, -0.2) is 4.39 Å². The van der Waals surface area contributed by atoms with Gasteiger partial charge in [0, 0.05) is 30.6 Å². The predicted octanol–water partition coefficient (Wildman–Crippen LogP) is 3.32. The van der Waals surface area contributed by atoms with E-state index in [1.165, 1.54) is 31.4 Å². The number of halogens is 1. The van der Waals surface area contributed by atoms with Crippen LogP contribution in [0.15, 0.2) is 18.2 Å². The first-order valence-corrected chi connectivity index (χ1v) is 7.75. The van der Waals surface area contributed by atoms with Gasteiger partial charge in [-0.05, 0) is 44.4 Å². The minimum Gasteiger partial charge on any atom is -0.395 e. The zero-order valence-electron chi connectivity index (χ0n) is 12.9. The third-order valence-electron chi connectivity index (χ3n) is 4.26. The van der Waals surface area contributed by atoms with Gasteiger partial charge in [-0.1, -0.05) is 24.3 Å². The summed E-state index contributed by atoms with van der Waals surface area (Å²) in [4.78, 5) is 2.48. The Morgan fingerprint density at radius 2 is 2.00 bits per heavy atom. The minimum absolute atomic E-state index is 0.0395. The highest BCUT2D eigenvalue weighted by Crippen LogP contribution is 2.25. The summed E-state index contributed by atoms with van der Waals surface area (Å²) < 4.78 is 13.5. The number of nitrogens with zero attached hydrogens (tertiary/aromatic N) is 1. The number of benzene rings is 1. The summed E-state index contributed by atoms with van der Waals surface area (Å²) in [5, 5.41) is 8.81. The lowest BCUT2D eigenvalue weighted by Gasteiger charge is -2.39. The normalized spacial score (nSPS) is 22.7. The summed E-state index contributed by atoms with van der Waals surface area (Å²) in [5.41, 5.74) is 1.82. The maximum atomic E-state index is 13.5. The second kappa shape index (κ2) is 7.59. The number of hydrogen-bond acceptors (Lipinski definition) is 2. The molecule has 1 fully saturated rings. The van der Waals surface area contributed by atoms with Crippen LogP contribution in [-0.4, -0.2) is 28.7 Å². The van der Waals surface area contributed by atoms with Crippen molar-refractivity contribution in [1.29, 1.82) is 0 Å². The topological polar surface area (TPSA) is 23.5 Å². The molecule has 0 aliphatic carbocycles. The monoisotopic (exact) mass is 289 g/mol. The van der Waals surface area contributed by atoms with Gasteiger partial charge in [0.2, 0.25) is 0 Å². The molecule has 2 rings (SSSR count). The largest absolute Gasteiger partial charge is 0.395 e. The van der Waals surface area contributed by atoms with Crippen molar-refractivity contribution >= 4 is 0 Å². The summed E-state index contributed by atoms with van der Waals surface area (Å²) in [6, 6.07) is 5.95. The molecule has 1 N–H and O–H groups in total. The van der Waals surface area contributed by atoms with Gasteiger partial charge >= 0.3 is 0 Å². The van der Waals surface area contributed by atoms with Crippen LogP contribution in [-0.2, 0) is 6.54 Å². The molecule has 1 aromatic carbocycles. The number of likely N-dealkylation sites (tertiary alicyclic amines) is 1. The van der Waals surface area contributed by atoms with E-state index in [2.05, 4.69) is 30.6 Å². The Kier molecular flexibility index (Phi) is 5.78. The van der Waals surface area contributed by atoms with Crippen LogP contribution >= 0.6 is 0 Å². The van der Waals surface area contributed by atoms with Crippen LogP contribution < -0.4 is 0 Å². The molecule has 1 heterocycles. The molecule has 1 aromatic rings. The Balaban J connectivity index is 2.21. The van der Waals surface area contributed by atoms with Crippen LogP contribution in [0.25, 0.3) is 0 Å². The Labute approximate surface area is 127 Å². The van der Waals surface area contributed by atoms with Gasteiger partial charge in [0.1, 0.15) is 5.82 Å². The molecule has 1 aliphatic heterocycles. The maximum Gasteiger partial charge on any atom is 0.124 e. The Bertz CT molecular complexity index is 522. The molecule has 3 heteroatoms. The first-order valence-electron chi connectivity index (χ1n) is 7.75. The fraction of sp³-hybridized carbons (Fsp3) is 0.556. The average Bonchev–Trinajstić information content (AvgIpc) is 2.45. The van der Waals surface area contributed by atoms with Crippen molar-refractivity contribution in [2.45, 2.75) is 58.2 Å². The van der Waals surface area contributed by atoms with Gasteiger partial charge in [-0.3, -0.25) is 4.90 Å². The molecular weight excluding hydrogens is 265 g/mol. The second-order valence-corrected chi connectivity index (χ2v) is 5.88. The highest BCUT2D eigenvalue weighted by atomic mass is 19.1. The molecular formula is C18H24FNO. The SMILES string of the molecule is CC1CCCC(C)N1Cc1ccc(F)cc1C#CCCO. The molecule has 1 saturated heterocycles. The third-order valence-corrected chi connectivity index (χ3v) is 4.26. The summed E-state index contributed by atoms with van der Waals surface area (Å²) >= 11 is 0. The van der Waals surface area contributed by atoms with Crippen LogP contribution in [0.1, 0.15) is 50.7 Å². The molecule has 0 amide bonds. The van der Waals surface area contributed by atoms with Crippen molar-refractivity contribution in [2.75, 3.05) is 6.61 Å². The summed E-state index contributed by atoms with van der Waals surface area (Å²) in [6.45, 7) is 5.37. The summed E-state index contributed by atoms with van der Waals surface area (Å²) in [7, 11) is 0. The van der Waals surface area contributed by atoms with E-state index in [1.807, 2.05) is 6.07 Å². The standard InChI is InChI=1S/C18H24FNO/c1-14-6-5-7-15(2)20(14)13-17-9-10-18(19)12-16(17)8-3-4-11-21/h9-10,12,14-15,21H,4-7,11,13H2,1-2H3. The molecule has 0 aromatic heterocycles. The van der Waals surface area contributed by atoms with E-state index < -0.39 is 0 Å². The molecule has 0 radical (unpaired) electrons. The zero-order chi connectivity index (χ0) is 15.2. The van der Waals surface area contributed by atoms with E-state index in [4.69, 9.17) is 5.11 Å². The fourth-order valence-corrected chi connectivity index (χ4v) is 3.00. The lowest BCUT2D eigenvalue weighted by Crippen LogP contribution is -2.43. The van der Waals surface area contributed by atoms with Crippen LogP contribution in [0.4, 0.5) is 4.39 Å². The zero-order valence-corrected chi connectivity index (χ0v) is 12.9. The van der Waals surface area contributed by atoms with Crippen molar-refractivity contribution in [3.8, 4) is 11.8 Å². The first-order chi connectivity index (χ1) is 10.1. The molecule has 2 nitrogen and oxygen atoms in total. The molecule has 2 atom stereocenters. The molecule has 0 saturated carbocycles. The van der Waals surface area contributed by atoms with Crippen molar-refractivity contribution < 1.29 is 9.50 Å². The number of rotatable bonds is 3. The Morgan fingerprint density at radius 3 is 2.67 bits per heavy atom. The smallest absolute Gasteiger partial charge is 0.124 e. The minimum atomic E-state index is -0.258. The van der Waals surface area contributed by atoms with Crippen molar-refractivity contribution in [3.05, 3.63) is 35.1 Å². The second-order valence-electron chi connectivity index (χ2n) is 5.88. The summed E-state index contributed by atoms with van der Waals surface area (Å²) in [5.74, 6) is 5.63. The van der Waals surface area contributed by atoms with E-state index in [0.717, 1.165) is 17.7 Å². The molecule has 0 spiro atoms. The molecule has 1 aliphatic rings. The van der Waals surface area contributed by atoms with Crippen LogP contribution in [0, 0.1) is 17.7 Å². The van der Waals surface area contributed by atoms with E-state index in [-0.39, 0.29) is 12.4 Å². The lowest BCUT2D eigenvalue weighted by atomic mass is 9.96. The predicted molar refractivity (Wildman–Crippen MR) is 83.3 cm³/mol. The van der Waals surface area contributed by atoms with Crippen molar-refractivity contribution in [2.24, 2.45) is 0 Å². The van der Waals surface area contributed by atoms with E-state index in [9.17, 15) is 4.39 Å². The lowest BCUT2D eigenvalue weighted by molar-refractivity contribution is 0.0952. The van der Waals surface area contributed by atoms with Gasteiger partial charge < -0.3 is 5.11 Å². The van der Waals surface area contributed by atoms with E-state index >= 15 is 0 Å². The number of aliphatic hydroxyl groups excluding tert-OH is 1. The van der Waals surface area contributed by atoms with Crippen molar-refractivity contribution in [1.82, 2.24) is 4.90 Å². The van der Waals surface area contributed by atoms with E-state index in [1.54, 1.807) is 0 Å². The molecule has 114 valence electrons. The highest BCUT2D eigenvalue weighted by Gasteiger charge is 2.25. The molecule has 21 heavy (non-hydrogen) atoms. The molecule has 0 bridgehead atoms. The Morgan fingerprint density at radius 1 is 1.29 bits per heavy atom. The van der Waals surface area contributed by atoms with Crippen LogP contribution in [0.3, 0.4) is 0 Å². The quantitative estimate of drug-likeness (QED) is 0.863. The van der Waals surface area contributed by atoms with Gasteiger partial charge in [0.05, 0.1) is 6.61 Å². The van der Waals surface area contributed by atoms with E-state index in [0.29, 0.717) is 18.5 Å². The Hall–Kier alpha value is -1.37. The van der Waals surface area contributed by atoms with Crippen LogP contribution in [0.5, 0.6) is 0 Å². The number of aliphatic hydroxyl groups is 1. The number of hydrogen-bond donors (Lipinski definition) is 1. The van der Waals surface area contributed by atoms with Gasteiger partial charge in [-0.15, -0.1) is 0 Å². The van der Waals surface area contributed by atoms with Gasteiger partial charge in [0.25, 0.3) is 0 Å². The number of piperidine rings is 1. The summed E-state index contributed by atoms with van der Waals surface area (Å²) in [6.07, 6.45) is 4.14. The molecule has 2 unspecified atom stereocenters.